The number of rotatable bonds is 5. The van der Waals surface area contributed by atoms with Gasteiger partial charge >= 0.3 is 0 Å². The minimum atomic E-state index is -0.523. The van der Waals surface area contributed by atoms with Crippen molar-refractivity contribution < 1.29 is 13.9 Å². The molecule has 0 spiro atoms. The van der Waals surface area contributed by atoms with Crippen molar-refractivity contribution in [3.05, 3.63) is 48.0 Å². The van der Waals surface area contributed by atoms with Crippen LogP contribution in [0.25, 0.3) is 0 Å². The van der Waals surface area contributed by atoms with Crippen LogP contribution in [-0.2, 0) is 21.5 Å². The summed E-state index contributed by atoms with van der Waals surface area (Å²) in [5.41, 5.74) is 1.03. The first-order valence-electron chi connectivity index (χ1n) is 8.37. The van der Waals surface area contributed by atoms with Gasteiger partial charge in [-0.3, -0.25) is 9.48 Å². The minimum Gasteiger partial charge on any atom is -0.376 e. The second-order valence-corrected chi connectivity index (χ2v) is 6.63. The lowest BCUT2D eigenvalue weighted by Crippen LogP contribution is -2.27. The molecular formula is C18H20FN3O2. The number of anilines is 1. The van der Waals surface area contributed by atoms with Crippen LogP contribution in [0.5, 0.6) is 0 Å². The Labute approximate surface area is 139 Å². The molecule has 5 nitrogen and oxygen atoms in total. The predicted octanol–water partition coefficient (Wildman–Crippen LogP) is 2.87. The first kappa shape index (κ1) is 15.3. The third-order valence-electron chi connectivity index (χ3n) is 4.89. The maximum absolute atomic E-state index is 13.1. The van der Waals surface area contributed by atoms with E-state index in [9.17, 15) is 9.18 Å². The highest BCUT2D eigenvalue weighted by molar-refractivity contribution is 6.01. The standard InChI is InChI=1S/C18H20FN3O2/c19-14-5-3-13(4-6-14)18(7-8-18)17(23)21-15-10-20-22(11-15)12-16-2-1-9-24-16/h3-6,10-11,16H,1-2,7-9,12H2,(H,21,23)/t16-/m0/s1. The van der Waals surface area contributed by atoms with Gasteiger partial charge in [-0.05, 0) is 43.4 Å². The van der Waals surface area contributed by atoms with E-state index in [1.54, 1.807) is 18.3 Å². The number of amides is 1. The lowest BCUT2D eigenvalue weighted by molar-refractivity contribution is -0.118. The van der Waals surface area contributed by atoms with Crippen LogP contribution in [0.15, 0.2) is 36.7 Å². The van der Waals surface area contributed by atoms with Crippen LogP contribution in [0.3, 0.4) is 0 Å². The van der Waals surface area contributed by atoms with E-state index in [0.717, 1.165) is 37.9 Å². The van der Waals surface area contributed by atoms with Gasteiger partial charge in [-0.25, -0.2) is 4.39 Å². The zero-order valence-corrected chi connectivity index (χ0v) is 13.4. The Kier molecular flexibility index (Phi) is 3.84. The molecule has 2 aliphatic rings. The molecule has 1 saturated heterocycles. The second kappa shape index (κ2) is 6.02. The number of carbonyl (C=O) groups is 1. The topological polar surface area (TPSA) is 56.2 Å². The van der Waals surface area contributed by atoms with Crippen molar-refractivity contribution >= 4 is 11.6 Å². The molecule has 1 atom stereocenters. The van der Waals surface area contributed by atoms with Crippen LogP contribution < -0.4 is 5.32 Å². The van der Waals surface area contributed by atoms with Crippen molar-refractivity contribution in [3.63, 3.8) is 0 Å². The molecule has 2 aromatic rings. The van der Waals surface area contributed by atoms with Crippen molar-refractivity contribution in [2.75, 3.05) is 11.9 Å². The second-order valence-electron chi connectivity index (χ2n) is 6.63. The van der Waals surface area contributed by atoms with Gasteiger partial charge in [-0.2, -0.15) is 5.10 Å². The van der Waals surface area contributed by atoms with E-state index >= 15 is 0 Å². The zero-order valence-electron chi connectivity index (χ0n) is 13.4. The molecule has 0 radical (unpaired) electrons. The van der Waals surface area contributed by atoms with Crippen LogP contribution in [-0.4, -0.2) is 28.4 Å². The first-order valence-corrected chi connectivity index (χ1v) is 8.37. The molecule has 0 unspecified atom stereocenters. The molecule has 1 N–H and O–H groups in total. The third kappa shape index (κ3) is 2.94. The summed E-state index contributed by atoms with van der Waals surface area (Å²) in [7, 11) is 0. The fourth-order valence-corrected chi connectivity index (χ4v) is 3.32. The summed E-state index contributed by atoms with van der Waals surface area (Å²) in [6.45, 7) is 1.52. The lowest BCUT2D eigenvalue weighted by atomic mass is 9.95. The summed E-state index contributed by atoms with van der Waals surface area (Å²) in [6.07, 6.45) is 7.42. The maximum Gasteiger partial charge on any atom is 0.235 e. The molecule has 0 bridgehead atoms. The van der Waals surface area contributed by atoms with Gasteiger partial charge in [0.05, 0.1) is 29.9 Å². The Morgan fingerprint density at radius 1 is 1.38 bits per heavy atom. The Morgan fingerprint density at radius 3 is 2.83 bits per heavy atom. The largest absolute Gasteiger partial charge is 0.376 e. The average Bonchev–Trinajstić information content (AvgIpc) is 3.01. The fraction of sp³-hybridized carbons (Fsp3) is 0.444. The highest BCUT2D eigenvalue weighted by atomic mass is 19.1. The van der Waals surface area contributed by atoms with E-state index in [0.29, 0.717) is 12.2 Å². The Morgan fingerprint density at radius 2 is 2.17 bits per heavy atom. The number of hydrogen-bond acceptors (Lipinski definition) is 3. The quantitative estimate of drug-likeness (QED) is 0.918. The van der Waals surface area contributed by atoms with Gasteiger partial charge in [0.2, 0.25) is 5.91 Å². The molecule has 2 fully saturated rings. The van der Waals surface area contributed by atoms with E-state index < -0.39 is 5.41 Å². The summed E-state index contributed by atoms with van der Waals surface area (Å²) in [6, 6.07) is 6.20. The van der Waals surface area contributed by atoms with E-state index in [2.05, 4.69) is 10.4 Å². The molecule has 2 heterocycles. The summed E-state index contributed by atoms with van der Waals surface area (Å²) in [4.78, 5) is 12.7. The van der Waals surface area contributed by atoms with Crippen molar-refractivity contribution in [2.24, 2.45) is 0 Å². The van der Waals surface area contributed by atoms with Gasteiger partial charge in [0.1, 0.15) is 5.82 Å². The highest BCUT2D eigenvalue weighted by Gasteiger charge is 2.51. The molecule has 126 valence electrons. The number of hydrogen-bond donors (Lipinski definition) is 1. The van der Waals surface area contributed by atoms with Crippen LogP contribution in [0.4, 0.5) is 10.1 Å². The summed E-state index contributed by atoms with van der Waals surface area (Å²) in [5.74, 6) is -0.337. The van der Waals surface area contributed by atoms with Gasteiger partial charge in [-0.15, -0.1) is 0 Å². The number of benzene rings is 1. The maximum atomic E-state index is 13.1. The number of nitrogens with one attached hydrogen (secondary N) is 1. The predicted molar refractivity (Wildman–Crippen MR) is 87.1 cm³/mol. The SMILES string of the molecule is O=C(Nc1cnn(C[C@@H]2CCCO2)c1)C1(c2ccc(F)cc2)CC1. The van der Waals surface area contributed by atoms with E-state index in [1.807, 2.05) is 10.9 Å². The van der Waals surface area contributed by atoms with E-state index in [-0.39, 0.29) is 17.8 Å². The van der Waals surface area contributed by atoms with Crippen LogP contribution in [0.1, 0.15) is 31.2 Å². The molecular weight excluding hydrogens is 309 g/mol. The smallest absolute Gasteiger partial charge is 0.235 e. The first-order chi connectivity index (χ1) is 11.7. The number of nitrogens with zero attached hydrogens (tertiary/aromatic N) is 2. The molecule has 24 heavy (non-hydrogen) atoms. The number of carbonyl (C=O) groups excluding carboxylic acids is 1. The molecule has 1 aliphatic carbocycles. The van der Waals surface area contributed by atoms with Crippen LogP contribution in [0.2, 0.25) is 0 Å². The van der Waals surface area contributed by atoms with Crippen LogP contribution in [0, 0.1) is 5.82 Å². The number of ether oxygens (including phenoxy) is 1. The molecule has 1 saturated carbocycles. The van der Waals surface area contributed by atoms with Crippen molar-refractivity contribution in [1.29, 1.82) is 0 Å². The fourth-order valence-electron chi connectivity index (χ4n) is 3.32. The highest BCUT2D eigenvalue weighted by Crippen LogP contribution is 2.49. The van der Waals surface area contributed by atoms with Gasteiger partial charge in [0.15, 0.2) is 0 Å². The Balaban J connectivity index is 1.42. The molecule has 1 aliphatic heterocycles. The summed E-state index contributed by atoms with van der Waals surface area (Å²) in [5, 5.41) is 7.24. The van der Waals surface area contributed by atoms with Gasteiger partial charge in [-0.1, -0.05) is 12.1 Å². The van der Waals surface area contributed by atoms with Gasteiger partial charge in [0.25, 0.3) is 0 Å². The van der Waals surface area contributed by atoms with Crippen LogP contribution >= 0.6 is 0 Å². The van der Waals surface area contributed by atoms with E-state index in [1.165, 1.54) is 12.1 Å². The third-order valence-corrected chi connectivity index (χ3v) is 4.89. The number of aromatic nitrogens is 2. The summed E-state index contributed by atoms with van der Waals surface area (Å²) >= 11 is 0. The normalized spacial score (nSPS) is 21.6. The zero-order chi connectivity index (χ0) is 16.6. The molecule has 1 aromatic carbocycles. The van der Waals surface area contributed by atoms with Crippen molar-refractivity contribution in [3.8, 4) is 0 Å². The molecule has 1 aromatic heterocycles. The van der Waals surface area contributed by atoms with Crippen molar-refractivity contribution in [2.45, 2.75) is 43.7 Å². The van der Waals surface area contributed by atoms with E-state index in [4.69, 9.17) is 4.74 Å². The summed E-state index contributed by atoms with van der Waals surface area (Å²) < 4.78 is 20.5. The Hall–Kier alpha value is -2.21. The minimum absolute atomic E-state index is 0.0502. The molecule has 6 heteroatoms. The monoisotopic (exact) mass is 329 g/mol. The molecule has 4 rings (SSSR count). The molecule has 1 amide bonds. The number of halogens is 1. The lowest BCUT2D eigenvalue weighted by Gasteiger charge is -2.15. The average molecular weight is 329 g/mol. The van der Waals surface area contributed by atoms with Gasteiger partial charge < -0.3 is 10.1 Å². The van der Waals surface area contributed by atoms with Gasteiger partial charge in [0, 0.05) is 12.8 Å². The van der Waals surface area contributed by atoms with Crippen molar-refractivity contribution in [1.82, 2.24) is 9.78 Å². The Bertz CT molecular complexity index is 731.